The lowest BCUT2D eigenvalue weighted by Crippen LogP contribution is -1.91. The van der Waals surface area contributed by atoms with Gasteiger partial charge in [0.1, 0.15) is 11.0 Å². The molecule has 0 spiro atoms. The van der Waals surface area contributed by atoms with Crippen molar-refractivity contribution in [3.8, 4) is 11.4 Å². The van der Waals surface area contributed by atoms with Crippen molar-refractivity contribution < 1.29 is 4.39 Å². The monoisotopic (exact) mass is 205 g/mol. The molecule has 0 radical (unpaired) electrons. The second-order valence-electron chi connectivity index (χ2n) is 2.15. The van der Waals surface area contributed by atoms with E-state index in [-0.39, 0.29) is 16.0 Å². The fourth-order valence-corrected chi connectivity index (χ4v) is 1.40. The minimum atomic E-state index is -0.504. The average molecular weight is 206 g/mol. The first kappa shape index (κ1) is 7.76. The number of aromatic nitrogens is 3. The first-order chi connectivity index (χ1) is 5.68. The number of hydrogen-bond donors (Lipinski definition) is 1. The van der Waals surface area contributed by atoms with Gasteiger partial charge in [0.05, 0.1) is 11.8 Å². The van der Waals surface area contributed by atoms with Crippen LogP contribution in [-0.4, -0.2) is 15.0 Å². The lowest BCUT2D eigenvalue weighted by molar-refractivity contribution is 0.632. The lowest BCUT2D eigenvalue weighted by atomic mass is 10.3. The Morgan fingerprint density at radius 2 is 2.17 bits per heavy atom. The van der Waals surface area contributed by atoms with E-state index in [2.05, 4.69) is 15.0 Å². The molecule has 0 saturated carbocycles. The average Bonchev–Trinajstić information content (AvgIpc) is 2.31. The van der Waals surface area contributed by atoms with E-state index in [0.29, 0.717) is 5.82 Å². The second kappa shape index (κ2) is 2.57. The zero-order chi connectivity index (χ0) is 8.72. The first-order valence-corrected chi connectivity index (χ1v) is 3.79. The third kappa shape index (κ3) is 1.04. The Balaban J connectivity index is 2.82. The third-order valence-electron chi connectivity index (χ3n) is 1.41. The molecule has 0 fully saturated rings. The number of H-pyrrole nitrogens is 1. The van der Waals surface area contributed by atoms with Gasteiger partial charge in [-0.15, -0.1) is 0 Å². The molecule has 0 bridgehead atoms. The molecule has 6 heteroatoms. The van der Waals surface area contributed by atoms with E-state index < -0.39 is 5.82 Å². The summed E-state index contributed by atoms with van der Waals surface area (Å²) in [5.74, 6) is -0.201. The Bertz CT molecular complexity index is 400. The highest BCUT2D eigenvalue weighted by Crippen LogP contribution is 2.29. The van der Waals surface area contributed by atoms with Crippen molar-refractivity contribution >= 4 is 23.2 Å². The van der Waals surface area contributed by atoms with E-state index in [9.17, 15) is 4.39 Å². The summed E-state index contributed by atoms with van der Waals surface area (Å²) >= 11 is 11.1. The molecule has 12 heavy (non-hydrogen) atoms. The maximum Gasteiger partial charge on any atom is 0.203 e. The van der Waals surface area contributed by atoms with Gasteiger partial charge in [-0.3, -0.25) is 0 Å². The summed E-state index contributed by atoms with van der Waals surface area (Å²) in [6, 6.07) is 0. The molecule has 2 aliphatic heterocycles. The summed E-state index contributed by atoms with van der Waals surface area (Å²) in [5, 5.41) is 0.106. The van der Waals surface area contributed by atoms with E-state index in [0.717, 1.165) is 6.20 Å². The van der Waals surface area contributed by atoms with Crippen LogP contribution >= 0.6 is 23.2 Å². The topological polar surface area (TPSA) is 41.6 Å². The van der Waals surface area contributed by atoms with Crippen LogP contribution in [0.15, 0.2) is 6.20 Å². The number of rotatable bonds is 0. The van der Waals surface area contributed by atoms with E-state index in [4.69, 9.17) is 23.2 Å². The van der Waals surface area contributed by atoms with E-state index in [1.165, 1.54) is 0 Å². The number of nitrogens with zero attached hydrogens (tertiary/aromatic N) is 2. The van der Waals surface area contributed by atoms with Gasteiger partial charge in [0.15, 0.2) is 5.82 Å². The number of aromatic amines is 1. The highest BCUT2D eigenvalue weighted by Gasteiger charge is 2.17. The van der Waals surface area contributed by atoms with Gasteiger partial charge in [0, 0.05) is 0 Å². The molecular formula is C6H2Cl2FN3. The number of fused-ring (bicyclic) bond motifs is 1. The van der Waals surface area contributed by atoms with Crippen molar-refractivity contribution in [2.45, 2.75) is 0 Å². The molecule has 0 atom stereocenters. The summed E-state index contributed by atoms with van der Waals surface area (Å²) in [6.07, 6.45) is 1.06. The van der Waals surface area contributed by atoms with Gasteiger partial charge in [-0.1, -0.05) is 11.6 Å². The SMILES string of the molecule is Fc1cnc2[nH]c(Cl)nc(Cl)c1-2. The molecule has 0 aromatic carbocycles. The van der Waals surface area contributed by atoms with Crippen LogP contribution < -0.4 is 0 Å². The quantitative estimate of drug-likeness (QED) is 0.530. The molecule has 0 unspecified atom stereocenters. The minimum absolute atomic E-state index is 0.0174. The fourth-order valence-electron chi connectivity index (χ4n) is 0.922. The Kier molecular flexibility index (Phi) is 1.66. The molecule has 0 amide bonds. The largest absolute Gasteiger partial charge is 0.314 e. The van der Waals surface area contributed by atoms with Crippen LogP contribution in [-0.2, 0) is 0 Å². The van der Waals surface area contributed by atoms with Gasteiger partial charge in [0.2, 0.25) is 5.28 Å². The van der Waals surface area contributed by atoms with Crippen molar-refractivity contribution in [3.63, 3.8) is 0 Å². The molecular weight excluding hydrogens is 204 g/mol. The van der Waals surface area contributed by atoms with Gasteiger partial charge < -0.3 is 4.98 Å². The number of nitrogens with one attached hydrogen (secondary N) is 1. The molecule has 0 saturated heterocycles. The van der Waals surface area contributed by atoms with Crippen LogP contribution in [0.25, 0.3) is 11.4 Å². The van der Waals surface area contributed by atoms with Gasteiger partial charge in [-0.05, 0) is 11.6 Å². The normalized spacial score (nSPS) is 10.9. The Labute approximate surface area is 76.9 Å². The van der Waals surface area contributed by atoms with Gasteiger partial charge in [0.25, 0.3) is 0 Å². The summed E-state index contributed by atoms with van der Waals surface area (Å²) in [6.45, 7) is 0. The molecule has 3 nitrogen and oxygen atoms in total. The summed E-state index contributed by atoms with van der Waals surface area (Å²) in [7, 11) is 0. The van der Waals surface area contributed by atoms with E-state index in [1.54, 1.807) is 0 Å². The van der Waals surface area contributed by atoms with Crippen molar-refractivity contribution in [3.05, 3.63) is 22.5 Å². The molecule has 0 aliphatic carbocycles. The van der Waals surface area contributed by atoms with E-state index >= 15 is 0 Å². The van der Waals surface area contributed by atoms with Gasteiger partial charge in [-0.25, -0.2) is 14.4 Å². The van der Waals surface area contributed by atoms with Crippen molar-refractivity contribution in [1.29, 1.82) is 0 Å². The van der Waals surface area contributed by atoms with Crippen molar-refractivity contribution in [1.82, 2.24) is 15.0 Å². The zero-order valence-electron chi connectivity index (χ0n) is 5.61. The minimum Gasteiger partial charge on any atom is -0.314 e. The predicted octanol–water partition coefficient (Wildman–Crippen LogP) is 2.36. The number of hydrogen-bond acceptors (Lipinski definition) is 2. The molecule has 0 aromatic rings. The van der Waals surface area contributed by atoms with Crippen LogP contribution in [0.4, 0.5) is 4.39 Å². The smallest absolute Gasteiger partial charge is 0.203 e. The number of halogens is 3. The van der Waals surface area contributed by atoms with Gasteiger partial charge in [-0.2, -0.15) is 0 Å². The lowest BCUT2D eigenvalue weighted by Gasteiger charge is -2.00. The first-order valence-electron chi connectivity index (χ1n) is 3.03. The molecule has 1 N–H and O–H groups in total. The highest BCUT2D eigenvalue weighted by atomic mass is 35.5. The van der Waals surface area contributed by atoms with Crippen LogP contribution in [0.1, 0.15) is 0 Å². The Morgan fingerprint density at radius 3 is 2.92 bits per heavy atom. The summed E-state index contributed by atoms with van der Waals surface area (Å²) in [5.41, 5.74) is 0.168. The molecule has 0 aromatic heterocycles. The maximum absolute atomic E-state index is 12.9. The van der Waals surface area contributed by atoms with Crippen molar-refractivity contribution in [2.24, 2.45) is 0 Å². The van der Waals surface area contributed by atoms with Crippen LogP contribution in [0, 0.1) is 5.82 Å². The third-order valence-corrected chi connectivity index (χ3v) is 1.86. The molecule has 62 valence electrons. The second-order valence-corrected chi connectivity index (χ2v) is 2.86. The summed E-state index contributed by atoms with van der Waals surface area (Å²) < 4.78 is 12.9. The predicted molar refractivity (Wildman–Crippen MR) is 43.0 cm³/mol. The highest BCUT2D eigenvalue weighted by molar-refractivity contribution is 6.33. The van der Waals surface area contributed by atoms with Crippen LogP contribution in [0.5, 0.6) is 0 Å². The Morgan fingerprint density at radius 1 is 1.42 bits per heavy atom. The standard InChI is InChI=1S/C6H2Cl2FN3/c7-4-3-2(9)1-10-5(3)12-6(8)11-4/h1H,(H,10,11,12). The van der Waals surface area contributed by atoms with Crippen LogP contribution in [0.2, 0.25) is 10.4 Å². The zero-order valence-corrected chi connectivity index (χ0v) is 7.12. The van der Waals surface area contributed by atoms with Crippen LogP contribution in [0.3, 0.4) is 0 Å². The molecule has 2 rings (SSSR count). The molecule has 2 heterocycles. The maximum atomic E-state index is 12.9. The Hall–Kier alpha value is -0.870. The fraction of sp³-hybridized carbons (Fsp3) is 0. The van der Waals surface area contributed by atoms with Crippen molar-refractivity contribution in [2.75, 3.05) is 0 Å². The van der Waals surface area contributed by atoms with E-state index in [1.807, 2.05) is 0 Å². The summed E-state index contributed by atoms with van der Waals surface area (Å²) in [4.78, 5) is 9.90. The van der Waals surface area contributed by atoms with Gasteiger partial charge >= 0.3 is 0 Å². The molecule has 2 aliphatic rings.